The van der Waals surface area contributed by atoms with E-state index in [1.165, 1.54) is 20.1 Å². The molecule has 0 aliphatic carbocycles. The third-order valence-corrected chi connectivity index (χ3v) is 20.7. The average Bonchev–Trinajstić information content (AvgIpc) is 1.60. The number of benzene rings is 6. The third-order valence-electron chi connectivity index (χ3n) is 16.2. The van der Waals surface area contributed by atoms with E-state index < -0.39 is 25.3 Å². The number of fused-ring (bicyclic) bond motifs is 2. The fourth-order valence-electron chi connectivity index (χ4n) is 11.6. The van der Waals surface area contributed by atoms with Gasteiger partial charge in [0.15, 0.2) is 0 Å². The summed E-state index contributed by atoms with van der Waals surface area (Å²) in [5.74, 6) is 1.16. The highest BCUT2D eigenvalue weighted by atomic mass is 79.9. The van der Waals surface area contributed by atoms with Crippen LogP contribution in [0.15, 0.2) is 217 Å². The van der Waals surface area contributed by atoms with Crippen molar-refractivity contribution in [1.29, 1.82) is 0 Å². The highest BCUT2D eigenvalue weighted by molar-refractivity contribution is 9.09. The summed E-state index contributed by atoms with van der Waals surface area (Å²) in [6.45, 7) is 3.15. The standard InChI is InChI=1S/C37H37ClN6O4S.C31H28ClN5O3S.C4H4BrClO.C2H7N/c1-42(2)20-9-15-35(45)40-28-18-16-27(17-19-28)37(46)43-21-8-10-26(24-43)22-34-39-23-32(38)36(41-34)31-25-44(33-14-7-6-13-30(31)33)49(47,48)29-11-4-3-5-12-29;32-27-18-34-29(17-21-7-6-16-36(19-21)31(38)22-12-14-23(33)15-13-22)35-30(27)26-20-37(28-11-5-4-10-25(26)28)41(39,40)24-8-2-1-3-9-24;5-3-1-2-4(6)7;1-3-2/h3-7,9,11-19,23,25-26H,8,10,20-22,24H2,1-2H3,(H,40,45);1-5,8-15,18,20-21H,6-7,16-17,19,33H2;1-2H,3H2;3H,1-2H3/b15-9+;;2-1+;/t26-;21-;;/m00../s1. The Balaban J connectivity index is 0.000000208. The van der Waals surface area contributed by atoms with Gasteiger partial charge in [0.25, 0.3) is 31.9 Å². The molecule has 6 aromatic carbocycles. The second-order valence-corrected chi connectivity index (χ2v) is 29.4. The highest BCUT2D eigenvalue weighted by Crippen LogP contribution is 2.38. The summed E-state index contributed by atoms with van der Waals surface area (Å²) in [6, 6.07) is 45.1. The fraction of sp³-hybridized carbons (Fsp3) is 0.243. The first-order chi connectivity index (χ1) is 48.1. The summed E-state index contributed by atoms with van der Waals surface area (Å²) in [4.78, 5) is 73.3. The van der Waals surface area contributed by atoms with Crippen molar-refractivity contribution in [3.05, 3.63) is 240 Å². The summed E-state index contributed by atoms with van der Waals surface area (Å²) in [7, 11) is -0.128. The molecular weight excluding hydrogens is 1440 g/mol. The van der Waals surface area contributed by atoms with Crippen LogP contribution in [0, 0.1) is 11.8 Å². The predicted molar refractivity (Wildman–Crippen MR) is 401 cm³/mol. The molecule has 3 amide bonds. The summed E-state index contributed by atoms with van der Waals surface area (Å²) in [5, 5.41) is 7.88. The monoisotopic (exact) mass is 1510 g/mol. The summed E-state index contributed by atoms with van der Waals surface area (Å²) < 4.78 is 57.0. The number of hydrogen-bond donors (Lipinski definition) is 3. The number of rotatable bonds is 18. The zero-order chi connectivity index (χ0) is 71.5. The van der Waals surface area contributed by atoms with E-state index in [1.807, 2.05) is 67.2 Å². The molecule has 26 heteroatoms. The van der Waals surface area contributed by atoms with Crippen LogP contribution < -0.4 is 16.4 Å². The topological polar surface area (TPSA) is 258 Å². The van der Waals surface area contributed by atoms with Gasteiger partial charge >= 0.3 is 0 Å². The van der Waals surface area contributed by atoms with Gasteiger partial charge in [0.1, 0.15) is 11.6 Å². The number of nitrogens with zero attached hydrogens (tertiary/aromatic N) is 9. The van der Waals surface area contributed by atoms with E-state index in [0.717, 1.165) is 31.1 Å². The molecular formula is C74H76BrCl3N12O8S2. The number of likely N-dealkylation sites (N-methyl/N-ethyl adjacent to an activating group) is 1. The Bertz CT molecular complexity index is 4790. The van der Waals surface area contributed by atoms with Crippen molar-refractivity contribution in [3.63, 3.8) is 0 Å². The maximum atomic E-state index is 13.7. The van der Waals surface area contributed by atoms with Gasteiger partial charge in [0, 0.05) is 126 Å². The molecule has 4 N–H and O–H groups in total. The van der Waals surface area contributed by atoms with Gasteiger partial charge in [-0.1, -0.05) is 124 Å². The zero-order valence-corrected chi connectivity index (χ0v) is 61.0. The van der Waals surface area contributed by atoms with Crippen LogP contribution in [0.2, 0.25) is 10.0 Å². The number of aromatic nitrogens is 6. The second kappa shape index (κ2) is 35.4. The van der Waals surface area contributed by atoms with Crippen molar-refractivity contribution in [1.82, 2.24) is 47.9 Å². The van der Waals surface area contributed by atoms with Crippen molar-refractivity contribution in [3.8, 4) is 22.5 Å². The number of amides is 3. The van der Waals surface area contributed by atoms with E-state index in [0.29, 0.717) is 134 Å². The number of likely N-dealkylation sites (tertiary alicyclic amines) is 2. The SMILES string of the molecule is CN(C)C/C=C/C(=O)Nc1ccc(C(=O)N2CCC[C@@H](Cc3ncc(Cl)c(-c4cn(S(=O)(=O)c5ccccc5)c5ccccc45)n3)C2)cc1.CNC.Nc1ccc(C(=O)N2CCC[C@@H](Cc3ncc(Cl)c(-c4cn(S(=O)(=O)c5ccccc5)c5ccccc45)n3)C2)cc1.O=C(Cl)/C=C/CBr. The average molecular weight is 1510 g/mol. The molecule has 2 saturated heterocycles. The number of para-hydroxylation sites is 2. The Morgan fingerprint density at radius 3 is 1.43 bits per heavy atom. The number of piperidine rings is 2. The highest BCUT2D eigenvalue weighted by Gasteiger charge is 2.30. The van der Waals surface area contributed by atoms with E-state index in [4.69, 9.17) is 50.5 Å². The maximum absolute atomic E-state index is 13.7. The smallest absolute Gasteiger partial charge is 0.268 e. The van der Waals surface area contributed by atoms with Crippen molar-refractivity contribution in [2.24, 2.45) is 11.8 Å². The van der Waals surface area contributed by atoms with E-state index in [9.17, 15) is 36.0 Å². The van der Waals surface area contributed by atoms with Crippen molar-refractivity contribution in [2.75, 3.05) is 77.3 Å². The van der Waals surface area contributed by atoms with Gasteiger partial charge in [-0.3, -0.25) is 19.2 Å². The van der Waals surface area contributed by atoms with Gasteiger partial charge < -0.3 is 31.1 Å². The van der Waals surface area contributed by atoms with Gasteiger partial charge in [-0.15, -0.1) is 0 Å². The maximum Gasteiger partial charge on any atom is 0.268 e. The minimum Gasteiger partial charge on any atom is -0.399 e. The van der Waals surface area contributed by atoms with Crippen LogP contribution in [-0.4, -0.2) is 149 Å². The van der Waals surface area contributed by atoms with Crippen molar-refractivity contribution in [2.45, 2.75) is 48.3 Å². The molecule has 4 aromatic heterocycles. The first kappa shape index (κ1) is 75.3. The molecule has 20 nitrogen and oxygen atoms in total. The molecule has 0 radical (unpaired) electrons. The fourth-order valence-corrected chi connectivity index (χ4v) is 15.0. The number of nitrogen functional groups attached to an aromatic ring is 1. The number of carbonyl (C=O) groups is 4. The number of allylic oxidation sites excluding steroid dienone is 2. The Morgan fingerprint density at radius 2 is 1.02 bits per heavy atom. The van der Waals surface area contributed by atoms with Gasteiger partial charge in [-0.25, -0.2) is 44.7 Å². The van der Waals surface area contributed by atoms with Crippen LogP contribution in [0.4, 0.5) is 11.4 Å². The van der Waals surface area contributed by atoms with Crippen LogP contribution in [0.5, 0.6) is 0 Å². The molecule has 2 aliphatic rings. The lowest BCUT2D eigenvalue weighted by molar-refractivity contribution is -0.112. The summed E-state index contributed by atoms with van der Waals surface area (Å²) in [5.41, 5.74) is 11.4. The Morgan fingerprint density at radius 1 is 0.600 bits per heavy atom. The van der Waals surface area contributed by atoms with Gasteiger partial charge in [-0.2, -0.15) is 0 Å². The third kappa shape index (κ3) is 19.3. The van der Waals surface area contributed by atoms with E-state index >= 15 is 0 Å². The Labute approximate surface area is 606 Å². The normalized spacial score (nSPS) is 14.8. The molecule has 10 aromatic rings. The van der Waals surface area contributed by atoms with E-state index in [1.54, 1.807) is 170 Å². The number of nitrogens with two attached hydrogens (primary N) is 1. The lowest BCUT2D eigenvalue weighted by Crippen LogP contribution is -2.40. The molecule has 0 bridgehead atoms. The van der Waals surface area contributed by atoms with Gasteiger partial charge in [-0.05, 0) is 168 Å². The number of hydrogen-bond acceptors (Lipinski definition) is 15. The quantitative estimate of drug-likeness (QED) is 0.0312. The molecule has 0 saturated carbocycles. The molecule has 2 fully saturated rings. The van der Waals surface area contributed by atoms with Crippen LogP contribution in [0.1, 0.15) is 58.0 Å². The molecule has 2 aliphatic heterocycles. The van der Waals surface area contributed by atoms with Crippen LogP contribution in [0.3, 0.4) is 0 Å². The summed E-state index contributed by atoms with van der Waals surface area (Å²) >= 11 is 21.3. The lowest BCUT2D eigenvalue weighted by Gasteiger charge is -2.32. The lowest BCUT2D eigenvalue weighted by atomic mass is 9.94. The first-order valence-corrected chi connectivity index (χ1v) is 37.2. The Kier molecular flexibility index (Phi) is 26.7. The molecule has 2 atom stereocenters. The predicted octanol–water partition coefficient (Wildman–Crippen LogP) is 13.3. The molecule has 6 heterocycles. The number of anilines is 2. The van der Waals surface area contributed by atoms with E-state index in [-0.39, 0.29) is 39.3 Å². The van der Waals surface area contributed by atoms with Crippen LogP contribution in [0.25, 0.3) is 44.3 Å². The summed E-state index contributed by atoms with van der Waals surface area (Å²) in [6.07, 6.45) is 17.2. The van der Waals surface area contributed by atoms with Crippen molar-refractivity contribution < 1.29 is 36.0 Å². The van der Waals surface area contributed by atoms with Crippen molar-refractivity contribution >= 4 is 127 Å². The van der Waals surface area contributed by atoms with Gasteiger partial charge in [0.05, 0.1) is 42.3 Å². The molecule has 520 valence electrons. The second-order valence-electron chi connectivity index (χ2n) is 24.0. The molecule has 0 unspecified atom stereocenters. The number of halogens is 4. The largest absolute Gasteiger partial charge is 0.399 e. The number of nitrogens with one attached hydrogen (secondary N) is 2. The first-order valence-electron chi connectivity index (χ1n) is 32.1. The Hall–Kier alpha value is -8.91. The number of carbonyl (C=O) groups excluding carboxylic acids is 4. The number of alkyl halides is 1. The minimum absolute atomic E-state index is 0.0140. The van der Waals surface area contributed by atoms with Gasteiger partial charge in [0.2, 0.25) is 11.1 Å². The van der Waals surface area contributed by atoms with Crippen LogP contribution in [-0.2, 0) is 42.5 Å². The minimum atomic E-state index is -3.88. The molecule has 0 spiro atoms. The molecule has 12 rings (SSSR count). The zero-order valence-electron chi connectivity index (χ0n) is 55.5. The van der Waals surface area contributed by atoms with E-state index in [2.05, 4.69) is 36.5 Å². The van der Waals surface area contributed by atoms with Crippen LogP contribution >= 0.6 is 50.7 Å². The molecule has 100 heavy (non-hydrogen) atoms.